The molecule has 11 heteroatoms. The summed E-state index contributed by atoms with van der Waals surface area (Å²) in [5, 5.41) is 10.9. The highest BCUT2D eigenvalue weighted by Crippen LogP contribution is 2.16. The number of primary amides is 1. The Labute approximate surface area is 141 Å². The summed E-state index contributed by atoms with van der Waals surface area (Å²) >= 11 is 1.16. The second kappa shape index (κ2) is 7.55. The summed E-state index contributed by atoms with van der Waals surface area (Å²) in [5.74, 6) is -1.27. The Morgan fingerprint density at radius 3 is 2.83 bits per heavy atom. The number of anilines is 1. The SMILES string of the molecule is COc1nn(C)cc1C(=O)NCC(=O)Nc1nc(CC(N)=O)cs1. The second-order valence-corrected chi connectivity index (χ2v) is 5.60. The molecule has 0 saturated carbocycles. The lowest BCUT2D eigenvalue weighted by Crippen LogP contribution is -2.32. The molecule has 2 rings (SSSR count). The monoisotopic (exact) mass is 352 g/mol. The number of thiazole rings is 1. The van der Waals surface area contributed by atoms with Crippen LogP contribution in [-0.4, -0.2) is 46.1 Å². The summed E-state index contributed by atoms with van der Waals surface area (Å²) < 4.78 is 6.42. The van der Waals surface area contributed by atoms with Crippen molar-refractivity contribution < 1.29 is 19.1 Å². The number of carbonyl (C=O) groups excluding carboxylic acids is 3. The summed E-state index contributed by atoms with van der Waals surface area (Å²) in [6.45, 7) is -0.248. The van der Waals surface area contributed by atoms with E-state index < -0.39 is 17.7 Å². The third kappa shape index (κ3) is 4.52. The van der Waals surface area contributed by atoms with Crippen LogP contribution >= 0.6 is 11.3 Å². The molecule has 2 aromatic heterocycles. The van der Waals surface area contributed by atoms with E-state index in [4.69, 9.17) is 10.5 Å². The average Bonchev–Trinajstić information content (AvgIpc) is 3.10. The van der Waals surface area contributed by atoms with Gasteiger partial charge < -0.3 is 21.1 Å². The number of rotatable bonds is 7. The number of aryl methyl sites for hydroxylation is 1. The van der Waals surface area contributed by atoms with Crippen molar-refractivity contribution in [3.63, 3.8) is 0 Å². The van der Waals surface area contributed by atoms with E-state index in [1.165, 1.54) is 18.0 Å². The molecule has 0 fully saturated rings. The normalized spacial score (nSPS) is 10.2. The molecule has 0 aliphatic carbocycles. The lowest BCUT2D eigenvalue weighted by Gasteiger charge is -2.04. The first-order valence-electron chi connectivity index (χ1n) is 6.77. The van der Waals surface area contributed by atoms with Crippen LogP contribution < -0.4 is 21.1 Å². The first-order chi connectivity index (χ1) is 11.4. The van der Waals surface area contributed by atoms with E-state index in [9.17, 15) is 14.4 Å². The van der Waals surface area contributed by atoms with E-state index in [1.807, 2.05) is 0 Å². The second-order valence-electron chi connectivity index (χ2n) is 4.74. The Kier molecular flexibility index (Phi) is 5.47. The largest absolute Gasteiger partial charge is 0.479 e. The van der Waals surface area contributed by atoms with Gasteiger partial charge in [-0.15, -0.1) is 16.4 Å². The van der Waals surface area contributed by atoms with E-state index in [0.717, 1.165) is 11.3 Å². The summed E-state index contributed by atoms with van der Waals surface area (Å²) in [6.07, 6.45) is 1.49. The third-order valence-corrected chi connectivity index (χ3v) is 3.60. The predicted octanol–water partition coefficient (Wildman–Crippen LogP) is -0.718. The number of hydrogen-bond acceptors (Lipinski definition) is 7. The zero-order valence-electron chi connectivity index (χ0n) is 13.0. The quantitative estimate of drug-likeness (QED) is 0.600. The average molecular weight is 352 g/mol. The standard InChI is InChI=1S/C13H16N6O4S/c1-19-5-8(12(18-19)23-2)11(22)15-4-10(21)17-13-16-7(6-24-13)3-9(14)20/h5-6H,3-4H2,1-2H3,(H2,14,20)(H,15,22)(H,16,17,21). The minimum atomic E-state index is -0.504. The van der Waals surface area contributed by atoms with E-state index in [1.54, 1.807) is 12.4 Å². The van der Waals surface area contributed by atoms with Gasteiger partial charge in [-0.05, 0) is 0 Å². The number of nitrogens with one attached hydrogen (secondary N) is 2. The Morgan fingerprint density at radius 2 is 2.17 bits per heavy atom. The van der Waals surface area contributed by atoms with Crippen molar-refractivity contribution in [3.05, 3.63) is 22.8 Å². The van der Waals surface area contributed by atoms with Gasteiger partial charge in [0.1, 0.15) is 5.56 Å². The molecule has 0 spiro atoms. The fraction of sp³-hybridized carbons (Fsp3) is 0.308. The molecule has 2 heterocycles. The number of amides is 3. The van der Waals surface area contributed by atoms with Crippen molar-refractivity contribution in [2.75, 3.05) is 19.0 Å². The Hall–Kier alpha value is -2.95. The van der Waals surface area contributed by atoms with Crippen molar-refractivity contribution in [2.45, 2.75) is 6.42 Å². The van der Waals surface area contributed by atoms with Gasteiger partial charge in [-0.25, -0.2) is 4.98 Å². The van der Waals surface area contributed by atoms with Gasteiger partial charge in [-0.1, -0.05) is 0 Å². The molecule has 4 N–H and O–H groups in total. The molecule has 0 aliphatic heterocycles. The highest BCUT2D eigenvalue weighted by Gasteiger charge is 2.17. The first-order valence-corrected chi connectivity index (χ1v) is 7.65. The number of aromatic nitrogens is 3. The summed E-state index contributed by atoms with van der Waals surface area (Å²) in [6, 6.07) is 0. The maximum atomic E-state index is 12.0. The van der Waals surface area contributed by atoms with Gasteiger partial charge in [0.05, 0.1) is 25.8 Å². The van der Waals surface area contributed by atoms with Crippen LogP contribution in [0.3, 0.4) is 0 Å². The molecule has 24 heavy (non-hydrogen) atoms. The van der Waals surface area contributed by atoms with Crippen molar-refractivity contribution in [1.82, 2.24) is 20.1 Å². The van der Waals surface area contributed by atoms with Crippen LogP contribution in [0.25, 0.3) is 0 Å². The molecule has 0 radical (unpaired) electrons. The van der Waals surface area contributed by atoms with Crippen molar-refractivity contribution in [3.8, 4) is 5.88 Å². The van der Waals surface area contributed by atoms with Crippen LogP contribution in [0.1, 0.15) is 16.1 Å². The van der Waals surface area contributed by atoms with Crippen molar-refractivity contribution in [1.29, 1.82) is 0 Å². The molecule has 0 aliphatic rings. The summed E-state index contributed by atoms with van der Waals surface area (Å²) in [5.41, 5.74) is 5.78. The van der Waals surface area contributed by atoms with Gasteiger partial charge >= 0.3 is 0 Å². The van der Waals surface area contributed by atoms with Gasteiger partial charge in [-0.3, -0.25) is 19.1 Å². The topological polar surface area (TPSA) is 141 Å². The summed E-state index contributed by atoms with van der Waals surface area (Å²) in [4.78, 5) is 38.7. The molecule has 0 bridgehead atoms. The smallest absolute Gasteiger partial charge is 0.258 e. The van der Waals surface area contributed by atoms with Crippen LogP contribution in [0.4, 0.5) is 5.13 Å². The molecular weight excluding hydrogens is 336 g/mol. The lowest BCUT2D eigenvalue weighted by molar-refractivity contribution is -0.117. The zero-order chi connectivity index (χ0) is 17.7. The van der Waals surface area contributed by atoms with E-state index in [2.05, 4.69) is 20.7 Å². The highest BCUT2D eigenvalue weighted by atomic mass is 32.1. The van der Waals surface area contributed by atoms with Crippen LogP contribution in [0, 0.1) is 0 Å². The van der Waals surface area contributed by atoms with Crippen LogP contribution in [0.2, 0.25) is 0 Å². The molecule has 2 aromatic rings. The minimum absolute atomic E-state index is 0.00388. The maximum absolute atomic E-state index is 12.0. The maximum Gasteiger partial charge on any atom is 0.258 e. The van der Waals surface area contributed by atoms with Gasteiger partial charge in [0.15, 0.2) is 5.13 Å². The van der Waals surface area contributed by atoms with Crippen LogP contribution in [-0.2, 0) is 23.1 Å². The molecule has 3 amide bonds. The highest BCUT2D eigenvalue weighted by molar-refractivity contribution is 7.13. The van der Waals surface area contributed by atoms with Gasteiger partial charge in [0.2, 0.25) is 17.7 Å². The fourth-order valence-corrected chi connectivity index (χ4v) is 2.54. The number of nitrogens with two attached hydrogens (primary N) is 1. The molecule has 0 atom stereocenters. The number of hydrogen-bond donors (Lipinski definition) is 3. The van der Waals surface area contributed by atoms with Crippen LogP contribution in [0.15, 0.2) is 11.6 Å². The van der Waals surface area contributed by atoms with Crippen molar-refractivity contribution >= 4 is 34.2 Å². The first kappa shape index (κ1) is 17.4. The van der Waals surface area contributed by atoms with E-state index in [0.29, 0.717) is 10.8 Å². The predicted molar refractivity (Wildman–Crippen MR) is 85.7 cm³/mol. The van der Waals surface area contributed by atoms with Gasteiger partial charge in [-0.2, -0.15) is 0 Å². The van der Waals surface area contributed by atoms with E-state index in [-0.39, 0.29) is 24.4 Å². The molecular formula is C13H16N6O4S. The summed E-state index contributed by atoms with van der Waals surface area (Å²) in [7, 11) is 3.05. The molecule has 0 saturated heterocycles. The number of nitrogens with zero attached hydrogens (tertiary/aromatic N) is 3. The zero-order valence-corrected chi connectivity index (χ0v) is 13.8. The van der Waals surface area contributed by atoms with Gasteiger partial charge in [0.25, 0.3) is 5.91 Å². The molecule has 10 nitrogen and oxygen atoms in total. The lowest BCUT2D eigenvalue weighted by atomic mass is 10.3. The molecule has 0 aromatic carbocycles. The Balaban J connectivity index is 1.87. The van der Waals surface area contributed by atoms with Crippen LogP contribution in [0.5, 0.6) is 5.88 Å². The molecule has 128 valence electrons. The van der Waals surface area contributed by atoms with E-state index >= 15 is 0 Å². The van der Waals surface area contributed by atoms with Gasteiger partial charge in [0, 0.05) is 18.6 Å². The molecule has 0 unspecified atom stereocenters. The number of carbonyl (C=O) groups is 3. The minimum Gasteiger partial charge on any atom is -0.479 e. The Bertz CT molecular complexity index is 768. The fourth-order valence-electron chi connectivity index (χ4n) is 1.82. The number of methoxy groups -OCH3 is 1. The Morgan fingerprint density at radius 1 is 1.42 bits per heavy atom. The van der Waals surface area contributed by atoms with Crippen molar-refractivity contribution in [2.24, 2.45) is 12.8 Å². The third-order valence-electron chi connectivity index (χ3n) is 2.80. The number of ether oxygens (including phenoxy) is 1.